The molecule has 0 aromatic carbocycles. The van der Waals surface area contributed by atoms with Crippen molar-refractivity contribution in [3.05, 3.63) is 52.6 Å². The summed E-state index contributed by atoms with van der Waals surface area (Å²) in [6, 6.07) is 8.51. The second-order valence-electron chi connectivity index (χ2n) is 7.89. The SMILES string of the molecule is CC(=O)NC[C@H]1[C@H]2C[C@H](CN(c3ccc(S(C)(=O)=O)cn3)C2)c2cccc(=O)n21. The van der Waals surface area contributed by atoms with Crippen molar-refractivity contribution >= 4 is 21.6 Å². The van der Waals surface area contributed by atoms with Gasteiger partial charge in [-0.05, 0) is 30.5 Å². The smallest absolute Gasteiger partial charge is 0.251 e. The maximum Gasteiger partial charge on any atom is 0.251 e. The Morgan fingerprint density at radius 3 is 2.69 bits per heavy atom. The fourth-order valence-electron chi connectivity index (χ4n) is 4.52. The second kappa shape index (κ2) is 7.29. The zero-order valence-electron chi connectivity index (χ0n) is 16.4. The fourth-order valence-corrected chi connectivity index (χ4v) is 5.08. The van der Waals surface area contributed by atoms with Gasteiger partial charge in [0.25, 0.3) is 5.56 Å². The first-order chi connectivity index (χ1) is 13.7. The number of anilines is 1. The van der Waals surface area contributed by atoms with Crippen LogP contribution in [0.3, 0.4) is 0 Å². The zero-order chi connectivity index (χ0) is 20.8. The molecule has 0 saturated carbocycles. The molecule has 8 nitrogen and oxygen atoms in total. The minimum absolute atomic E-state index is 0.0448. The molecule has 4 rings (SSSR count). The Bertz CT molecular complexity index is 1090. The highest BCUT2D eigenvalue weighted by Gasteiger charge is 2.40. The van der Waals surface area contributed by atoms with E-state index in [0.29, 0.717) is 19.6 Å². The largest absolute Gasteiger partial charge is 0.356 e. The van der Waals surface area contributed by atoms with E-state index < -0.39 is 9.84 Å². The van der Waals surface area contributed by atoms with Gasteiger partial charge in [0, 0.05) is 56.7 Å². The lowest BCUT2D eigenvalue weighted by molar-refractivity contribution is -0.119. The number of carbonyl (C=O) groups excluding carboxylic acids is 1. The molecule has 2 aromatic rings. The Morgan fingerprint density at radius 2 is 2.03 bits per heavy atom. The lowest BCUT2D eigenvalue weighted by Gasteiger charge is -2.47. The minimum Gasteiger partial charge on any atom is -0.356 e. The number of fused-ring (bicyclic) bond motifs is 4. The topological polar surface area (TPSA) is 101 Å². The van der Waals surface area contributed by atoms with Gasteiger partial charge in [0.2, 0.25) is 5.91 Å². The quantitative estimate of drug-likeness (QED) is 0.796. The maximum absolute atomic E-state index is 12.6. The minimum atomic E-state index is -3.29. The normalized spacial score (nSPS) is 23.4. The van der Waals surface area contributed by atoms with Gasteiger partial charge >= 0.3 is 0 Å². The molecule has 1 N–H and O–H groups in total. The van der Waals surface area contributed by atoms with E-state index in [9.17, 15) is 18.0 Å². The number of hydrogen-bond donors (Lipinski definition) is 1. The third-order valence-electron chi connectivity index (χ3n) is 5.83. The number of piperidine rings is 1. The van der Waals surface area contributed by atoms with Crippen LogP contribution in [-0.4, -0.2) is 49.8 Å². The molecule has 2 aliphatic heterocycles. The van der Waals surface area contributed by atoms with Gasteiger partial charge in [0.15, 0.2) is 9.84 Å². The van der Waals surface area contributed by atoms with Gasteiger partial charge in [0.05, 0.1) is 10.9 Å². The van der Waals surface area contributed by atoms with Gasteiger partial charge < -0.3 is 14.8 Å². The Morgan fingerprint density at radius 1 is 1.24 bits per heavy atom. The molecule has 1 saturated heterocycles. The summed E-state index contributed by atoms with van der Waals surface area (Å²) in [4.78, 5) is 30.8. The second-order valence-corrected chi connectivity index (χ2v) is 9.90. The molecule has 0 spiro atoms. The fraction of sp³-hybridized carbons (Fsp3) is 0.450. The number of pyridine rings is 2. The van der Waals surface area contributed by atoms with Crippen molar-refractivity contribution in [3.63, 3.8) is 0 Å². The molecular formula is C20H24N4O4S. The number of sulfone groups is 1. The first-order valence-electron chi connectivity index (χ1n) is 9.61. The van der Waals surface area contributed by atoms with Crippen LogP contribution in [0, 0.1) is 5.92 Å². The first kappa shape index (κ1) is 19.6. The molecule has 2 bridgehead atoms. The number of nitrogens with zero attached hydrogens (tertiary/aromatic N) is 3. The van der Waals surface area contributed by atoms with Crippen molar-refractivity contribution in [2.75, 3.05) is 30.8 Å². The highest BCUT2D eigenvalue weighted by atomic mass is 32.2. The molecule has 29 heavy (non-hydrogen) atoms. The van der Waals surface area contributed by atoms with Crippen molar-refractivity contribution in [1.29, 1.82) is 0 Å². The lowest BCUT2D eigenvalue weighted by Crippen LogP contribution is -2.52. The van der Waals surface area contributed by atoms with E-state index in [2.05, 4.69) is 15.2 Å². The van der Waals surface area contributed by atoms with E-state index in [1.54, 1.807) is 24.3 Å². The highest BCUT2D eigenvalue weighted by molar-refractivity contribution is 7.90. The number of rotatable bonds is 4. The van der Waals surface area contributed by atoms with Crippen molar-refractivity contribution < 1.29 is 13.2 Å². The molecule has 0 aliphatic carbocycles. The third kappa shape index (κ3) is 3.78. The zero-order valence-corrected chi connectivity index (χ0v) is 17.2. The van der Waals surface area contributed by atoms with Crippen LogP contribution in [-0.2, 0) is 14.6 Å². The van der Waals surface area contributed by atoms with E-state index in [4.69, 9.17) is 0 Å². The van der Waals surface area contributed by atoms with E-state index in [0.717, 1.165) is 24.2 Å². The predicted molar refractivity (Wildman–Crippen MR) is 109 cm³/mol. The molecular weight excluding hydrogens is 392 g/mol. The molecule has 1 amide bonds. The Kier molecular flexibility index (Phi) is 4.94. The number of carbonyl (C=O) groups is 1. The number of aromatic nitrogens is 2. The van der Waals surface area contributed by atoms with Crippen LogP contribution >= 0.6 is 0 Å². The summed E-state index contributed by atoms with van der Waals surface area (Å²) in [6.07, 6.45) is 3.49. The van der Waals surface area contributed by atoms with Crippen LogP contribution in [0.4, 0.5) is 5.82 Å². The Balaban J connectivity index is 1.67. The van der Waals surface area contributed by atoms with Gasteiger partial charge in [-0.25, -0.2) is 13.4 Å². The van der Waals surface area contributed by atoms with Crippen molar-refractivity contribution in [2.45, 2.75) is 30.2 Å². The summed E-state index contributed by atoms with van der Waals surface area (Å²) in [6.45, 7) is 3.27. The van der Waals surface area contributed by atoms with Gasteiger partial charge in [-0.1, -0.05) is 6.07 Å². The lowest BCUT2D eigenvalue weighted by atomic mass is 9.78. The molecule has 4 heterocycles. The summed E-state index contributed by atoms with van der Waals surface area (Å²) in [7, 11) is -3.29. The molecule has 1 fully saturated rings. The summed E-state index contributed by atoms with van der Waals surface area (Å²) in [5.74, 6) is 0.942. The summed E-state index contributed by atoms with van der Waals surface area (Å²) in [5.41, 5.74) is 0.929. The maximum atomic E-state index is 12.6. The molecule has 3 atom stereocenters. The Hall–Kier alpha value is -2.68. The third-order valence-corrected chi connectivity index (χ3v) is 6.93. The van der Waals surface area contributed by atoms with Gasteiger partial charge in [-0.2, -0.15) is 0 Å². The van der Waals surface area contributed by atoms with Crippen LogP contribution < -0.4 is 15.8 Å². The standard InChI is InChI=1S/C20H24N4O4S/c1-13(25)21-10-18-15-8-14(17-4-3-5-20(26)24(17)18)11-23(12-15)19-7-6-16(9-22-19)29(2,27)28/h3-7,9,14-15,18H,8,10-12H2,1-2H3,(H,21,25)/t14-,15+,18+/m1/s1. The van der Waals surface area contributed by atoms with E-state index in [-0.39, 0.29) is 34.2 Å². The molecule has 2 aliphatic rings. The summed E-state index contributed by atoms with van der Waals surface area (Å²) in [5, 5.41) is 2.87. The number of amides is 1. The average molecular weight is 417 g/mol. The van der Waals surface area contributed by atoms with E-state index in [1.807, 2.05) is 10.6 Å². The van der Waals surface area contributed by atoms with Crippen molar-refractivity contribution in [3.8, 4) is 0 Å². The molecule has 9 heteroatoms. The number of nitrogens with one attached hydrogen (secondary N) is 1. The monoisotopic (exact) mass is 416 g/mol. The van der Waals surface area contributed by atoms with Crippen LogP contribution in [0.5, 0.6) is 0 Å². The highest BCUT2D eigenvalue weighted by Crippen LogP contribution is 2.41. The van der Waals surface area contributed by atoms with Crippen LogP contribution in [0.1, 0.15) is 31.0 Å². The van der Waals surface area contributed by atoms with E-state index >= 15 is 0 Å². The van der Waals surface area contributed by atoms with Crippen LogP contribution in [0.25, 0.3) is 0 Å². The van der Waals surface area contributed by atoms with Gasteiger partial charge in [-0.3, -0.25) is 9.59 Å². The van der Waals surface area contributed by atoms with Crippen molar-refractivity contribution in [1.82, 2.24) is 14.9 Å². The Labute approximate surface area is 169 Å². The molecule has 0 unspecified atom stereocenters. The predicted octanol–water partition coefficient (Wildman–Crippen LogP) is 0.948. The summed E-state index contributed by atoms with van der Waals surface area (Å²) < 4.78 is 25.2. The average Bonchev–Trinajstić information content (AvgIpc) is 2.67. The van der Waals surface area contributed by atoms with Gasteiger partial charge in [0.1, 0.15) is 5.82 Å². The molecule has 2 aromatic heterocycles. The first-order valence-corrected chi connectivity index (χ1v) is 11.5. The van der Waals surface area contributed by atoms with E-state index in [1.165, 1.54) is 13.1 Å². The summed E-state index contributed by atoms with van der Waals surface area (Å²) >= 11 is 0. The van der Waals surface area contributed by atoms with Crippen molar-refractivity contribution in [2.24, 2.45) is 5.92 Å². The van der Waals surface area contributed by atoms with Crippen LogP contribution in [0.2, 0.25) is 0 Å². The van der Waals surface area contributed by atoms with Crippen LogP contribution in [0.15, 0.2) is 46.2 Å². The molecule has 0 radical (unpaired) electrons. The number of hydrogen-bond acceptors (Lipinski definition) is 6. The van der Waals surface area contributed by atoms with Gasteiger partial charge in [-0.15, -0.1) is 0 Å². The molecule has 154 valence electrons.